The summed E-state index contributed by atoms with van der Waals surface area (Å²) in [4.78, 5) is 4.27. The topological polar surface area (TPSA) is 27.1 Å². The second-order valence-corrected chi connectivity index (χ2v) is 4.67. The number of ether oxygens (including phenoxy) is 1. The molecule has 0 atom stereocenters. The van der Waals surface area contributed by atoms with E-state index in [1.165, 1.54) is 0 Å². The maximum Gasteiger partial charge on any atom is 0.134 e. The lowest BCUT2D eigenvalue weighted by Gasteiger charge is -2.08. The van der Waals surface area contributed by atoms with E-state index in [2.05, 4.69) is 16.8 Å². The van der Waals surface area contributed by atoms with Gasteiger partial charge in [-0.25, -0.2) is 4.98 Å². The summed E-state index contributed by atoms with van der Waals surface area (Å²) in [7, 11) is 1.98. The molecule has 0 N–H and O–H groups in total. The lowest BCUT2D eigenvalue weighted by Crippen LogP contribution is -2.06. The van der Waals surface area contributed by atoms with Crippen molar-refractivity contribution in [3.05, 3.63) is 48.0 Å². The van der Waals surface area contributed by atoms with E-state index in [0.29, 0.717) is 18.9 Å². The van der Waals surface area contributed by atoms with E-state index in [4.69, 9.17) is 16.3 Å². The molecule has 3 nitrogen and oxygen atoms in total. The fourth-order valence-corrected chi connectivity index (χ4v) is 1.88. The summed E-state index contributed by atoms with van der Waals surface area (Å²) in [5.74, 6) is 8.49. The van der Waals surface area contributed by atoms with Crippen molar-refractivity contribution in [1.29, 1.82) is 0 Å². The van der Waals surface area contributed by atoms with Crippen LogP contribution in [0, 0.1) is 11.8 Å². The van der Waals surface area contributed by atoms with Crippen LogP contribution in [0.25, 0.3) is 0 Å². The molecule has 0 amide bonds. The van der Waals surface area contributed by atoms with Crippen molar-refractivity contribution in [2.24, 2.45) is 7.05 Å². The number of nitrogens with zero attached hydrogens (tertiary/aromatic N) is 2. The molecule has 0 aliphatic rings. The van der Waals surface area contributed by atoms with Gasteiger partial charge in [0.15, 0.2) is 0 Å². The maximum atomic E-state index is 5.81. The molecule has 0 bridgehead atoms. The molecule has 1 aromatic carbocycles. The van der Waals surface area contributed by atoms with E-state index in [1.54, 1.807) is 6.20 Å². The number of para-hydroxylation sites is 1. The van der Waals surface area contributed by atoms with Crippen molar-refractivity contribution in [2.75, 3.05) is 12.5 Å². The summed E-state index contributed by atoms with van der Waals surface area (Å²) >= 11 is 5.62. The van der Waals surface area contributed by atoms with Gasteiger partial charge in [-0.1, -0.05) is 24.0 Å². The van der Waals surface area contributed by atoms with Crippen LogP contribution in [0.3, 0.4) is 0 Å². The van der Waals surface area contributed by atoms with Gasteiger partial charge in [0.1, 0.15) is 11.6 Å². The Morgan fingerprint density at radius 2 is 2.20 bits per heavy atom. The second kappa shape index (κ2) is 7.62. The largest absolute Gasteiger partial charge is 0.492 e. The minimum Gasteiger partial charge on any atom is -0.492 e. The number of halogens is 1. The molecule has 1 heterocycles. The first-order valence-corrected chi connectivity index (χ1v) is 7.07. The normalized spacial score (nSPS) is 9.90. The molecule has 0 saturated heterocycles. The molecule has 1 aromatic heterocycles. The standard InChI is InChI=1S/C16H17ClN2O/c1-19-12-11-18-16(19)9-13-20-15-8-3-2-6-14(15)7-4-5-10-17/h2-3,6,8,11-12H,5,9-10,13H2,1H3. The molecular weight excluding hydrogens is 272 g/mol. The highest BCUT2D eigenvalue weighted by Crippen LogP contribution is 2.17. The first kappa shape index (κ1) is 14.5. The predicted octanol–water partition coefficient (Wildman–Crippen LogP) is 3.02. The Hall–Kier alpha value is -1.92. The van der Waals surface area contributed by atoms with Gasteiger partial charge in [0, 0.05) is 38.2 Å². The van der Waals surface area contributed by atoms with E-state index < -0.39 is 0 Å². The number of imidazole rings is 1. The third-order valence-corrected chi connectivity index (χ3v) is 3.02. The first-order chi connectivity index (χ1) is 9.81. The zero-order chi connectivity index (χ0) is 14.2. The molecule has 0 radical (unpaired) electrons. The van der Waals surface area contributed by atoms with Gasteiger partial charge in [0.05, 0.1) is 12.2 Å². The summed E-state index contributed by atoms with van der Waals surface area (Å²) in [6.45, 7) is 0.582. The van der Waals surface area contributed by atoms with Crippen LogP contribution < -0.4 is 4.74 Å². The molecule has 0 unspecified atom stereocenters. The number of benzene rings is 1. The first-order valence-electron chi connectivity index (χ1n) is 6.54. The predicted molar refractivity (Wildman–Crippen MR) is 81.1 cm³/mol. The minimum atomic E-state index is 0.551. The monoisotopic (exact) mass is 288 g/mol. The van der Waals surface area contributed by atoms with Gasteiger partial charge >= 0.3 is 0 Å². The second-order valence-electron chi connectivity index (χ2n) is 4.29. The van der Waals surface area contributed by atoms with E-state index in [9.17, 15) is 0 Å². The van der Waals surface area contributed by atoms with E-state index >= 15 is 0 Å². The number of aryl methyl sites for hydroxylation is 1. The van der Waals surface area contributed by atoms with Crippen LogP contribution in [0.5, 0.6) is 5.75 Å². The van der Waals surface area contributed by atoms with Crippen LogP contribution in [0.4, 0.5) is 0 Å². The molecule has 0 saturated carbocycles. The highest BCUT2D eigenvalue weighted by molar-refractivity contribution is 6.18. The Labute approximate surface area is 124 Å². The molecule has 4 heteroatoms. The molecule has 0 aliphatic carbocycles. The lowest BCUT2D eigenvalue weighted by atomic mass is 10.2. The Kier molecular flexibility index (Phi) is 5.52. The van der Waals surface area contributed by atoms with Crippen molar-refractivity contribution in [2.45, 2.75) is 12.8 Å². The van der Waals surface area contributed by atoms with Crippen molar-refractivity contribution in [1.82, 2.24) is 9.55 Å². The van der Waals surface area contributed by atoms with E-state index in [0.717, 1.165) is 23.6 Å². The molecule has 20 heavy (non-hydrogen) atoms. The van der Waals surface area contributed by atoms with Crippen LogP contribution in [0.1, 0.15) is 17.8 Å². The van der Waals surface area contributed by atoms with Gasteiger partial charge in [0.25, 0.3) is 0 Å². The van der Waals surface area contributed by atoms with Gasteiger partial charge in [0.2, 0.25) is 0 Å². The Balaban J connectivity index is 1.96. The van der Waals surface area contributed by atoms with Gasteiger partial charge in [-0.15, -0.1) is 11.6 Å². The van der Waals surface area contributed by atoms with Crippen molar-refractivity contribution in [3.8, 4) is 17.6 Å². The molecule has 0 fully saturated rings. The Morgan fingerprint density at radius 3 is 2.95 bits per heavy atom. The zero-order valence-electron chi connectivity index (χ0n) is 11.5. The fraction of sp³-hybridized carbons (Fsp3) is 0.312. The van der Waals surface area contributed by atoms with Crippen molar-refractivity contribution >= 4 is 11.6 Å². The summed E-state index contributed by atoms with van der Waals surface area (Å²) < 4.78 is 7.80. The average Bonchev–Trinajstić information content (AvgIpc) is 2.86. The number of hydrogen-bond acceptors (Lipinski definition) is 2. The van der Waals surface area contributed by atoms with Crippen molar-refractivity contribution in [3.63, 3.8) is 0 Å². The van der Waals surface area contributed by atoms with E-state index in [-0.39, 0.29) is 0 Å². The Bertz CT molecular complexity index is 610. The minimum absolute atomic E-state index is 0.551. The summed E-state index contributed by atoms with van der Waals surface area (Å²) in [5, 5.41) is 0. The third kappa shape index (κ3) is 4.04. The smallest absolute Gasteiger partial charge is 0.134 e. The zero-order valence-corrected chi connectivity index (χ0v) is 12.2. The lowest BCUT2D eigenvalue weighted by molar-refractivity contribution is 0.316. The highest BCUT2D eigenvalue weighted by Gasteiger charge is 2.02. The molecular formula is C16H17ClN2O. The van der Waals surface area contributed by atoms with Crippen molar-refractivity contribution < 1.29 is 4.74 Å². The highest BCUT2D eigenvalue weighted by atomic mass is 35.5. The van der Waals surface area contributed by atoms with Crippen LogP contribution in [0.15, 0.2) is 36.7 Å². The SMILES string of the molecule is Cn1ccnc1CCOc1ccccc1C#CCCCl. The average molecular weight is 289 g/mol. The van der Waals surface area contributed by atoms with Gasteiger partial charge < -0.3 is 9.30 Å². The number of aromatic nitrogens is 2. The van der Waals surface area contributed by atoms with Gasteiger partial charge in [-0.3, -0.25) is 0 Å². The molecule has 104 valence electrons. The van der Waals surface area contributed by atoms with Crippen LogP contribution in [-0.2, 0) is 13.5 Å². The quantitative estimate of drug-likeness (QED) is 0.625. The molecule has 2 aromatic rings. The van der Waals surface area contributed by atoms with Crippen LogP contribution >= 0.6 is 11.6 Å². The Morgan fingerprint density at radius 1 is 1.35 bits per heavy atom. The van der Waals surface area contributed by atoms with Gasteiger partial charge in [-0.2, -0.15) is 0 Å². The summed E-state index contributed by atoms with van der Waals surface area (Å²) in [6, 6.07) is 7.79. The number of rotatable bonds is 5. The van der Waals surface area contributed by atoms with Crippen LogP contribution in [0.2, 0.25) is 0 Å². The van der Waals surface area contributed by atoms with Crippen LogP contribution in [-0.4, -0.2) is 22.0 Å². The maximum absolute atomic E-state index is 5.81. The summed E-state index contributed by atoms with van der Waals surface area (Å²) in [5.41, 5.74) is 0.900. The van der Waals surface area contributed by atoms with E-state index in [1.807, 2.05) is 42.1 Å². The van der Waals surface area contributed by atoms with Gasteiger partial charge in [-0.05, 0) is 12.1 Å². The molecule has 2 rings (SSSR count). The fourth-order valence-electron chi connectivity index (χ4n) is 1.79. The number of hydrogen-bond donors (Lipinski definition) is 0. The summed E-state index contributed by atoms with van der Waals surface area (Å²) in [6.07, 6.45) is 5.18. The third-order valence-electron chi connectivity index (χ3n) is 2.83. The molecule has 0 aliphatic heterocycles. The molecule has 0 spiro atoms. The number of alkyl halides is 1.